The van der Waals surface area contributed by atoms with Crippen molar-refractivity contribution in [1.82, 2.24) is 15.0 Å². The van der Waals surface area contributed by atoms with Crippen LogP contribution in [-0.4, -0.2) is 25.2 Å². The summed E-state index contributed by atoms with van der Waals surface area (Å²) in [5, 5.41) is 28.2. The summed E-state index contributed by atoms with van der Waals surface area (Å²) in [6.07, 6.45) is 1.67. The van der Waals surface area contributed by atoms with Gasteiger partial charge >= 0.3 is 0 Å². The highest BCUT2D eigenvalue weighted by molar-refractivity contribution is 5.45. The van der Waals surface area contributed by atoms with Gasteiger partial charge in [0.1, 0.15) is 23.1 Å². The van der Waals surface area contributed by atoms with E-state index in [1.54, 1.807) is 6.92 Å². The Kier molecular flexibility index (Phi) is 8.73. The molecule has 1 heterocycles. The first-order valence-electron chi connectivity index (χ1n) is 9.24. The average Bonchev–Trinajstić information content (AvgIpc) is 3.13. The van der Waals surface area contributed by atoms with E-state index in [1.807, 2.05) is 27.7 Å². The van der Waals surface area contributed by atoms with Crippen molar-refractivity contribution in [2.24, 2.45) is 0 Å². The van der Waals surface area contributed by atoms with Crippen molar-refractivity contribution >= 4 is 0 Å². The van der Waals surface area contributed by atoms with Gasteiger partial charge in [0.2, 0.25) is 0 Å². The molecule has 3 aromatic rings. The number of aromatic nitrogens is 3. The summed E-state index contributed by atoms with van der Waals surface area (Å²) in [4.78, 5) is 0. The van der Waals surface area contributed by atoms with Crippen LogP contribution in [0.1, 0.15) is 45.9 Å². The van der Waals surface area contributed by atoms with Crippen molar-refractivity contribution in [3.63, 3.8) is 0 Å². The zero-order chi connectivity index (χ0) is 21.3. The predicted molar refractivity (Wildman–Crippen MR) is 105 cm³/mol. The highest BCUT2D eigenvalue weighted by atomic mass is 19.1. The van der Waals surface area contributed by atoms with Crippen LogP contribution in [0.25, 0.3) is 5.69 Å². The maximum Gasteiger partial charge on any atom is 0.144 e. The van der Waals surface area contributed by atoms with Crippen molar-refractivity contribution in [1.29, 1.82) is 0 Å². The molecule has 0 aliphatic carbocycles. The minimum absolute atomic E-state index is 0.139. The Labute approximate surface area is 164 Å². The monoisotopic (exact) mass is 391 g/mol. The molecule has 3 rings (SSSR count). The fourth-order valence-electron chi connectivity index (χ4n) is 2.45. The lowest BCUT2D eigenvalue weighted by atomic mass is 9.91. The third kappa shape index (κ3) is 5.85. The number of benzene rings is 2. The van der Waals surface area contributed by atoms with Crippen molar-refractivity contribution in [3.05, 3.63) is 71.6 Å². The number of rotatable bonds is 4. The molecular formula is C21H27F2N3O2. The SMILES string of the molecule is CC.CC.CC(O)(Cc1cn(-c2ccc(F)cc2O)nn1)c1ccc(F)cc1. The number of phenolic OH excluding ortho intramolecular Hbond substituents is 1. The molecule has 0 spiro atoms. The summed E-state index contributed by atoms with van der Waals surface area (Å²) in [7, 11) is 0. The molecule has 0 aliphatic rings. The number of aliphatic hydroxyl groups is 1. The highest BCUT2D eigenvalue weighted by Crippen LogP contribution is 2.26. The zero-order valence-electron chi connectivity index (χ0n) is 16.8. The lowest BCUT2D eigenvalue weighted by molar-refractivity contribution is 0.0565. The summed E-state index contributed by atoms with van der Waals surface area (Å²) in [5.41, 5.74) is 0.0204. The molecule has 0 saturated carbocycles. The van der Waals surface area contributed by atoms with E-state index in [2.05, 4.69) is 10.3 Å². The Balaban J connectivity index is 0.000000921. The number of hydrogen-bond donors (Lipinski definition) is 2. The van der Waals surface area contributed by atoms with Gasteiger partial charge < -0.3 is 10.2 Å². The van der Waals surface area contributed by atoms with Gasteiger partial charge in [-0.15, -0.1) is 5.10 Å². The Morgan fingerprint density at radius 3 is 2.11 bits per heavy atom. The van der Waals surface area contributed by atoms with E-state index in [0.29, 0.717) is 11.3 Å². The van der Waals surface area contributed by atoms with Gasteiger partial charge in [-0.2, -0.15) is 0 Å². The normalized spacial score (nSPS) is 12.1. The Bertz CT molecular complexity index is 862. The van der Waals surface area contributed by atoms with E-state index in [-0.39, 0.29) is 23.7 Å². The first-order valence-corrected chi connectivity index (χ1v) is 9.24. The smallest absolute Gasteiger partial charge is 0.144 e. The van der Waals surface area contributed by atoms with Gasteiger partial charge in [-0.05, 0) is 36.8 Å². The quantitative estimate of drug-likeness (QED) is 0.673. The van der Waals surface area contributed by atoms with E-state index < -0.39 is 11.4 Å². The first kappa shape index (κ1) is 23.2. The lowest BCUT2D eigenvalue weighted by Gasteiger charge is -2.22. The second kappa shape index (κ2) is 10.5. The second-order valence-corrected chi connectivity index (χ2v) is 5.75. The van der Waals surface area contributed by atoms with Gasteiger partial charge in [-0.3, -0.25) is 0 Å². The predicted octanol–water partition coefficient (Wildman–Crippen LogP) is 4.75. The molecule has 0 aliphatic heterocycles. The largest absolute Gasteiger partial charge is 0.506 e. The van der Waals surface area contributed by atoms with E-state index in [1.165, 1.54) is 47.3 Å². The second-order valence-electron chi connectivity index (χ2n) is 5.75. The highest BCUT2D eigenvalue weighted by Gasteiger charge is 2.25. The van der Waals surface area contributed by atoms with Crippen molar-refractivity contribution < 1.29 is 19.0 Å². The van der Waals surface area contributed by atoms with E-state index in [0.717, 1.165) is 6.07 Å². The maximum absolute atomic E-state index is 13.0. The van der Waals surface area contributed by atoms with Gasteiger partial charge in [0.15, 0.2) is 0 Å². The molecule has 1 atom stereocenters. The molecule has 28 heavy (non-hydrogen) atoms. The molecule has 2 aromatic carbocycles. The van der Waals surface area contributed by atoms with Gasteiger partial charge in [0, 0.05) is 12.5 Å². The van der Waals surface area contributed by atoms with Gasteiger partial charge in [0.25, 0.3) is 0 Å². The Morgan fingerprint density at radius 2 is 1.54 bits per heavy atom. The van der Waals surface area contributed by atoms with E-state index >= 15 is 0 Å². The molecule has 7 heteroatoms. The number of phenols is 1. The van der Waals surface area contributed by atoms with E-state index in [9.17, 15) is 19.0 Å². The van der Waals surface area contributed by atoms with Crippen molar-refractivity contribution in [2.45, 2.75) is 46.6 Å². The molecule has 5 nitrogen and oxygen atoms in total. The van der Waals surface area contributed by atoms with Crippen LogP contribution in [0.15, 0.2) is 48.7 Å². The van der Waals surface area contributed by atoms with Crippen LogP contribution in [0, 0.1) is 11.6 Å². The third-order valence-electron chi connectivity index (χ3n) is 3.72. The third-order valence-corrected chi connectivity index (χ3v) is 3.72. The summed E-state index contributed by atoms with van der Waals surface area (Å²) in [6, 6.07) is 9.11. The molecule has 1 unspecified atom stereocenters. The van der Waals surface area contributed by atoms with Crippen LogP contribution in [0.5, 0.6) is 5.75 Å². The molecule has 152 valence electrons. The summed E-state index contributed by atoms with van der Waals surface area (Å²) in [6.45, 7) is 9.59. The molecular weight excluding hydrogens is 364 g/mol. The fourth-order valence-corrected chi connectivity index (χ4v) is 2.45. The number of halogens is 2. The van der Waals surface area contributed by atoms with Gasteiger partial charge in [-0.25, -0.2) is 13.5 Å². The maximum atomic E-state index is 13.0. The number of nitrogens with zero attached hydrogens (tertiary/aromatic N) is 3. The van der Waals surface area contributed by atoms with Crippen LogP contribution in [0.4, 0.5) is 8.78 Å². The van der Waals surface area contributed by atoms with Crippen LogP contribution in [0.2, 0.25) is 0 Å². The minimum Gasteiger partial charge on any atom is -0.506 e. The lowest BCUT2D eigenvalue weighted by Crippen LogP contribution is -2.24. The molecule has 0 amide bonds. The molecule has 1 aromatic heterocycles. The molecule has 0 saturated heterocycles. The molecule has 0 bridgehead atoms. The minimum atomic E-state index is -1.26. The average molecular weight is 391 g/mol. The standard InChI is InChI=1S/C17H15F2N3O2.2C2H6/c1-17(24,11-2-4-12(18)5-3-11)9-14-10-22(21-20-14)15-7-6-13(19)8-16(15)23;2*1-2/h2-8,10,23-24H,9H2,1H3;2*1-2H3. The van der Waals surface area contributed by atoms with Crippen molar-refractivity contribution in [2.75, 3.05) is 0 Å². The Morgan fingerprint density at radius 1 is 0.964 bits per heavy atom. The Hall–Kier alpha value is -2.80. The first-order chi connectivity index (χ1) is 13.3. The topological polar surface area (TPSA) is 71.2 Å². The van der Waals surface area contributed by atoms with Crippen LogP contribution < -0.4 is 0 Å². The summed E-state index contributed by atoms with van der Waals surface area (Å²) >= 11 is 0. The molecule has 0 radical (unpaired) electrons. The van der Waals surface area contributed by atoms with Gasteiger partial charge in [0.05, 0.1) is 17.5 Å². The van der Waals surface area contributed by atoms with Crippen LogP contribution in [-0.2, 0) is 12.0 Å². The van der Waals surface area contributed by atoms with Crippen LogP contribution >= 0.6 is 0 Å². The van der Waals surface area contributed by atoms with E-state index in [4.69, 9.17) is 0 Å². The van der Waals surface area contributed by atoms with Crippen LogP contribution in [0.3, 0.4) is 0 Å². The number of aromatic hydroxyl groups is 1. The number of hydrogen-bond acceptors (Lipinski definition) is 4. The van der Waals surface area contributed by atoms with Gasteiger partial charge in [-0.1, -0.05) is 45.0 Å². The molecule has 0 fully saturated rings. The molecule has 2 N–H and O–H groups in total. The summed E-state index contributed by atoms with van der Waals surface area (Å²) < 4.78 is 27.3. The fraction of sp³-hybridized carbons (Fsp3) is 0.333. The zero-order valence-corrected chi connectivity index (χ0v) is 16.8. The summed E-state index contributed by atoms with van der Waals surface area (Å²) in [5.74, 6) is -1.21. The van der Waals surface area contributed by atoms with Crippen molar-refractivity contribution in [3.8, 4) is 11.4 Å².